The predicted molar refractivity (Wildman–Crippen MR) is 83.6 cm³/mol. The summed E-state index contributed by atoms with van der Waals surface area (Å²) in [4.78, 5) is 9.37. The van der Waals surface area contributed by atoms with Gasteiger partial charge in [0.1, 0.15) is 0 Å². The first kappa shape index (κ1) is 15.9. The summed E-state index contributed by atoms with van der Waals surface area (Å²) in [5.74, 6) is 1.80. The van der Waals surface area contributed by atoms with Crippen molar-refractivity contribution in [2.45, 2.75) is 64.1 Å². The van der Waals surface area contributed by atoms with Crippen LogP contribution in [0.15, 0.2) is 4.52 Å². The standard InChI is InChI=1S/C16H28N4O2/c1-11(2)15-17-16(22-18-15)12(3)19-7-9-20(10-8-19)13-5-4-6-14(13)21/h11-14,21H,4-10H2,1-3H3/t12-,13+,14-/m0/s1. The van der Waals surface area contributed by atoms with E-state index in [1.807, 2.05) is 0 Å². The maximum atomic E-state index is 10.1. The first-order valence-corrected chi connectivity index (χ1v) is 8.56. The molecule has 1 aliphatic heterocycles. The van der Waals surface area contributed by atoms with Gasteiger partial charge in [-0.15, -0.1) is 0 Å². The molecule has 1 saturated heterocycles. The summed E-state index contributed by atoms with van der Waals surface area (Å²) in [6.07, 6.45) is 3.12. The lowest BCUT2D eigenvalue weighted by atomic mass is 10.1. The van der Waals surface area contributed by atoms with Crippen LogP contribution in [0.4, 0.5) is 0 Å². The molecule has 0 unspecified atom stereocenters. The van der Waals surface area contributed by atoms with Gasteiger partial charge in [0.2, 0.25) is 5.89 Å². The molecule has 1 aromatic rings. The van der Waals surface area contributed by atoms with E-state index in [9.17, 15) is 5.11 Å². The van der Waals surface area contributed by atoms with Crippen molar-refractivity contribution in [3.05, 3.63) is 11.7 Å². The molecule has 22 heavy (non-hydrogen) atoms. The zero-order valence-corrected chi connectivity index (χ0v) is 13.9. The Morgan fingerprint density at radius 3 is 2.41 bits per heavy atom. The third-order valence-electron chi connectivity index (χ3n) is 5.14. The summed E-state index contributed by atoms with van der Waals surface area (Å²) >= 11 is 0. The van der Waals surface area contributed by atoms with Crippen molar-refractivity contribution in [1.29, 1.82) is 0 Å². The van der Waals surface area contributed by atoms with Gasteiger partial charge >= 0.3 is 0 Å². The van der Waals surface area contributed by atoms with Gasteiger partial charge in [-0.3, -0.25) is 9.80 Å². The van der Waals surface area contributed by atoms with Gasteiger partial charge in [0, 0.05) is 38.1 Å². The van der Waals surface area contributed by atoms with Crippen molar-refractivity contribution < 1.29 is 9.63 Å². The molecule has 2 aliphatic rings. The Morgan fingerprint density at radius 1 is 1.14 bits per heavy atom. The lowest BCUT2D eigenvalue weighted by Crippen LogP contribution is -2.52. The molecule has 2 fully saturated rings. The van der Waals surface area contributed by atoms with Crippen LogP contribution < -0.4 is 0 Å². The maximum Gasteiger partial charge on any atom is 0.243 e. The summed E-state index contributed by atoms with van der Waals surface area (Å²) < 4.78 is 5.43. The van der Waals surface area contributed by atoms with E-state index >= 15 is 0 Å². The van der Waals surface area contributed by atoms with Crippen molar-refractivity contribution >= 4 is 0 Å². The molecule has 1 saturated carbocycles. The first-order chi connectivity index (χ1) is 10.6. The Balaban J connectivity index is 1.56. The quantitative estimate of drug-likeness (QED) is 0.915. The van der Waals surface area contributed by atoms with Crippen LogP contribution in [0.3, 0.4) is 0 Å². The molecule has 6 nitrogen and oxygen atoms in total. The van der Waals surface area contributed by atoms with Gasteiger partial charge in [-0.25, -0.2) is 0 Å². The highest BCUT2D eigenvalue weighted by Crippen LogP contribution is 2.27. The zero-order valence-electron chi connectivity index (χ0n) is 13.9. The van der Waals surface area contributed by atoms with Crippen LogP contribution in [0.25, 0.3) is 0 Å². The smallest absolute Gasteiger partial charge is 0.243 e. The van der Waals surface area contributed by atoms with Gasteiger partial charge in [-0.1, -0.05) is 19.0 Å². The monoisotopic (exact) mass is 308 g/mol. The summed E-state index contributed by atoms with van der Waals surface area (Å²) in [5.41, 5.74) is 0. The lowest BCUT2D eigenvalue weighted by molar-refractivity contribution is 0.0213. The number of aliphatic hydroxyl groups excluding tert-OH is 1. The van der Waals surface area contributed by atoms with E-state index in [0.29, 0.717) is 12.0 Å². The minimum absolute atomic E-state index is 0.131. The van der Waals surface area contributed by atoms with E-state index in [1.54, 1.807) is 0 Å². The highest BCUT2D eigenvalue weighted by Gasteiger charge is 2.34. The molecular formula is C16H28N4O2. The molecule has 0 radical (unpaired) electrons. The third-order valence-corrected chi connectivity index (χ3v) is 5.14. The topological polar surface area (TPSA) is 65.6 Å². The second kappa shape index (κ2) is 6.64. The third kappa shape index (κ3) is 3.19. The average Bonchev–Trinajstić information content (AvgIpc) is 3.15. The number of hydrogen-bond acceptors (Lipinski definition) is 6. The second-order valence-corrected chi connectivity index (χ2v) is 6.96. The Hall–Kier alpha value is -0.980. The molecule has 0 bridgehead atoms. The van der Waals surface area contributed by atoms with Gasteiger partial charge in [0.25, 0.3) is 0 Å². The summed E-state index contributed by atoms with van der Waals surface area (Å²) in [6.45, 7) is 10.3. The molecule has 1 aromatic heterocycles. The second-order valence-electron chi connectivity index (χ2n) is 6.96. The highest BCUT2D eigenvalue weighted by atomic mass is 16.5. The predicted octanol–water partition coefficient (Wildman–Crippen LogP) is 1.78. The van der Waals surface area contributed by atoms with Crippen molar-refractivity contribution in [3.8, 4) is 0 Å². The van der Waals surface area contributed by atoms with E-state index in [1.165, 1.54) is 0 Å². The first-order valence-electron chi connectivity index (χ1n) is 8.56. The van der Waals surface area contributed by atoms with Crippen LogP contribution in [-0.2, 0) is 0 Å². The van der Waals surface area contributed by atoms with Gasteiger partial charge in [0.15, 0.2) is 5.82 Å². The van der Waals surface area contributed by atoms with Gasteiger partial charge in [-0.2, -0.15) is 4.98 Å². The van der Waals surface area contributed by atoms with Gasteiger partial charge < -0.3 is 9.63 Å². The lowest BCUT2D eigenvalue weighted by Gasteiger charge is -2.40. The maximum absolute atomic E-state index is 10.1. The number of hydrogen-bond donors (Lipinski definition) is 1. The fourth-order valence-corrected chi connectivity index (χ4v) is 3.61. The SMILES string of the molecule is CC(C)c1noc([C@H](C)N2CCN([C@@H]3CCC[C@@H]3O)CC2)n1. The van der Waals surface area contributed by atoms with Crippen LogP contribution in [-0.4, -0.2) is 63.4 Å². The number of aliphatic hydroxyl groups is 1. The van der Waals surface area contributed by atoms with Crippen molar-refractivity contribution in [2.24, 2.45) is 0 Å². The molecule has 0 aromatic carbocycles. The van der Waals surface area contributed by atoms with Crippen LogP contribution in [0, 0.1) is 0 Å². The number of nitrogens with zero attached hydrogens (tertiary/aromatic N) is 4. The van der Waals surface area contributed by atoms with Gasteiger partial charge in [-0.05, 0) is 26.2 Å². The van der Waals surface area contributed by atoms with E-state index in [-0.39, 0.29) is 12.1 Å². The Morgan fingerprint density at radius 2 is 1.86 bits per heavy atom. The molecular weight excluding hydrogens is 280 g/mol. The molecule has 3 rings (SSSR count). The molecule has 2 heterocycles. The van der Waals surface area contributed by atoms with Crippen molar-refractivity contribution in [3.63, 3.8) is 0 Å². The van der Waals surface area contributed by atoms with Gasteiger partial charge in [0.05, 0.1) is 12.1 Å². The molecule has 6 heteroatoms. The Labute approximate surface area is 132 Å². The highest BCUT2D eigenvalue weighted by molar-refractivity contribution is 4.97. The van der Waals surface area contributed by atoms with E-state index in [0.717, 1.165) is 57.2 Å². The average molecular weight is 308 g/mol. The zero-order chi connectivity index (χ0) is 15.7. The van der Waals surface area contributed by atoms with E-state index in [2.05, 4.69) is 40.7 Å². The Kier molecular flexibility index (Phi) is 4.80. The number of piperazine rings is 1. The number of rotatable bonds is 4. The van der Waals surface area contributed by atoms with Crippen LogP contribution in [0.1, 0.15) is 63.7 Å². The van der Waals surface area contributed by atoms with Crippen LogP contribution >= 0.6 is 0 Å². The summed E-state index contributed by atoms with van der Waals surface area (Å²) in [7, 11) is 0. The van der Waals surface area contributed by atoms with Crippen LogP contribution in [0.2, 0.25) is 0 Å². The molecule has 0 amide bonds. The van der Waals surface area contributed by atoms with Crippen molar-refractivity contribution in [1.82, 2.24) is 19.9 Å². The summed E-state index contributed by atoms with van der Waals surface area (Å²) in [5, 5.41) is 14.1. The molecule has 3 atom stereocenters. The fourth-order valence-electron chi connectivity index (χ4n) is 3.61. The minimum Gasteiger partial charge on any atom is -0.391 e. The van der Waals surface area contributed by atoms with Crippen molar-refractivity contribution in [2.75, 3.05) is 26.2 Å². The van der Waals surface area contributed by atoms with E-state index in [4.69, 9.17) is 4.52 Å². The largest absolute Gasteiger partial charge is 0.391 e. The molecule has 0 spiro atoms. The number of aromatic nitrogens is 2. The molecule has 1 N–H and O–H groups in total. The normalized spacial score (nSPS) is 29.3. The molecule has 1 aliphatic carbocycles. The minimum atomic E-state index is -0.131. The summed E-state index contributed by atoms with van der Waals surface area (Å²) in [6, 6.07) is 0.532. The van der Waals surface area contributed by atoms with E-state index < -0.39 is 0 Å². The Bertz CT molecular complexity index is 482. The van der Waals surface area contributed by atoms with Crippen LogP contribution in [0.5, 0.6) is 0 Å². The molecule has 124 valence electrons. The fraction of sp³-hybridized carbons (Fsp3) is 0.875.